The Morgan fingerprint density at radius 1 is 1.09 bits per heavy atom. The third-order valence-electron chi connectivity index (χ3n) is 6.87. The summed E-state index contributed by atoms with van der Waals surface area (Å²) in [6, 6.07) is 7.86. The molecule has 0 bridgehead atoms. The van der Waals surface area contributed by atoms with Crippen LogP contribution in [0.3, 0.4) is 0 Å². The summed E-state index contributed by atoms with van der Waals surface area (Å²) < 4.78 is 33.8. The second-order valence-electron chi connectivity index (χ2n) is 9.66. The van der Waals surface area contributed by atoms with Gasteiger partial charge in [-0.3, -0.25) is 14.0 Å². The minimum absolute atomic E-state index is 0.193. The van der Waals surface area contributed by atoms with Crippen LogP contribution in [-0.2, 0) is 10.0 Å². The van der Waals surface area contributed by atoms with E-state index in [4.69, 9.17) is 27.9 Å². The molecule has 8 nitrogen and oxygen atoms in total. The van der Waals surface area contributed by atoms with Gasteiger partial charge in [-0.2, -0.15) is 0 Å². The van der Waals surface area contributed by atoms with Gasteiger partial charge in [0.05, 0.1) is 12.9 Å². The third-order valence-corrected chi connectivity index (χ3v) is 7.86. The van der Waals surface area contributed by atoms with Gasteiger partial charge in [-0.15, -0.1) is 10.2 Å². The molecule has 1 aliphatic heterocycles. The van der Waals surface area contributed by atoms with Crippen molar-refractivity contribution in [1.29, 1.82) is 0 Å². The zero-order valence-electron chi connectivity index (χ0n) is 19.7. The van der Waals surface area contributed by atoms with Crippen molar-refractivity contribution in [2.75, 3.05) is 30.7 Å². The van der Waals surface area contributed by atoms with E-state index in [-0.39, 0.29) is 12.0 Å². The van der Waals surface area contributed by atoms with E-state index in [1.165, 1.54) is 0 Å². The summed E-state index contributed by atoms with van der Waals surface area (Å²) in [5, 5.41) is 9.46. The van der Waals surface area contributed by atoms with E-state index in [1.54, 1.807) is 10.5 Å². The molecule has 2 fully saturated rings. The maximum Gasteiger partial charge on any atom is 0.242 e. The maximum absolute atomic E-state index is 11.7. The normalized spacial score (nSPS) is 18.6. The number of pyridine rings is 1. The van der Waals surface area contributed by atoms with Gasteiger partial charge in [0.25, 0.3) is 0 Å². The predicted molar refractivity (Wildman–Crippen MR) is 138 cm³/mol. The van der Waals surface area contributed by atoms with Crippen LogP contribution in [0.25, 0.3) is 5.65 Å². The molecule has 188 valence electrons. The molecule has 0 spiro atoms. The fraction of sp³-hybridized carbons (Fsp3) is 0.500. The third kappa shape index (κ3) is 5.85. The number of ether oxygens (including phenoxy) is 1. The molecule has 5 rings (SSSR count). The highest BCUT2D eigenvalue weighted by Gasteiger charge is 2.30. The molecule has 0 radical (unpaired) electrons. The number of likely N-dealkylation sites (tertiary alicyclic amines) is 1. The van der Waals surface area contributed by atoms with Crippen molar-refractivity contribution in [3.63, 3.8) is 0 Å². The first-order valence-corrected chi connectivity index (χ1v) is 14.5. The Morgan fingerprint density at radius 3 is 2.40 bits per heavy atom. The minimum atomic E-state index is -3.45. The smallest absolute Gasteiger partial charge is 0.242 e. The van der Waals surface area contributed by atoms with Crippen molar-refractivity contribution in [3.05, 3.63) is 51.6 Å². The molecule has 0 amide bonds. The summed E-state index contributed by atoms with van der Waals surface area (Å²) in [5.74, 6) is 1.90. The Kier molecular flexibility index (Phi) is 6.87. The molecule has 2 aliphatic rings. The lowest BCUT2D eigenvalue weighted by Gasteiger charge is -2.36. The molecule has 1 atom stereocenters. The lowest BCUT2D eigenvalue weighted by Crippen LogP contribution is -2.37. The topological polar surface area (TPSA) is 88.8 Å². The fourth-order valence-electron chi connectivity index (χ4n) is 4.74. The van der Waals surface area contributed by atoms with Crippen LogP contribution in [0.1, 0.15) is 55.7 Å². The van der Waals surface area contributed by atoms with Gasteiger partial charge in [-0.25, -0.2) is 8.42 Å². The van der Waals surface area contributed by atoms with Gasteiger partial charge in [0.2, 0.25) is 16.0 Å². The number of rotatable bonds is 8. The minimum Gasteiger partial charge on any atom is -0.493 e. The Morgan fingerprint density at radius 2 is 1.77 bits per heavy atom. The Hall–Kier alpha value is -2.07. The average molecular weight is 539 g/mol. The zero-order chi connectivity index (χ0) is 24.7. The standard InChI is InChI=1S/C24H29Cl2N5O3S/c1-15(18-9-19(25)11-20(26)10-18)30-7-5-16(6-8-30)14-34-22-12-23-27-28-24(29-35(2,32)33)31(23)13-21(22)17-3-4-17/h9-13,15-17H,3-8,14H2,1-2H3,(H,28,29). The molecule has 1 unspecified atom stereocenters. The van der Waals surface area contributed by atoms with Gasteiger partial charge in [-0.1, -0.05) is 23.2 Å². The molecule has 1 aliphatic carbocycles. The van der Waals surface area contributed by atoms with Crippen molar-refractivity contribution < 1.29 is 13.2 Å². The highest BCUT2D eigenvalue weighted by Crippen LogP contribution is 2.45. The Balaban J connectivity index is 1.23. The molecule has 2 aromatic heterocycles. The first-order valence-electron chi connectivity index (χ1n) is 11.9. The van der Waals surface area contributed by atoms with E-state index >= 15 is 0 Å². The number of hydrogen-bond donors (Lipinski definition) is 1. The Bertz CT molecular complexity index is 1310. The molecule has 1 aromatic carbocycles. The van der Waals surface area contributed by atoms with Gasteiger partial charge in [0.1, 0.15) is 5.75 Å². The number of sulfonamides is 1. The second kappa shape index (κ2) is 9.76. The highest BCUT2D eigenvalue weighted by atomic mass is 35.5. The van der Waals surface area contributed by atoms with E-state index in [0.29, 0.717) is 34.1 Å². The van der Waals surface area contributed by atoms with E-state index in [2.05, 4.69) is 26.7 Å². The molecule has 1 saturated heterocycles. The summed E-state index contributed by atoms with van der Waals surface area (Å²) in [6.45, 7) is 4.81. The van der Waals surface area contributed by atoms with Crippen molar-refractivity contribution >= 4 is 44.8 Å². The fourth-order valence-corrected chi connectivity index (χ4v) is 5.75. The summed E-state index contributed by atoms with van der Waals surface area (Å²) in [4.78, 5) is 2.46. The van der Waals surface area contributed by atoms with Crippen LogP contribution in [0, 0.1) is 5.92 Å². The van der Waals surface area contributed by atoms with Gasteiger partial charge in [0, 0.05) is 33.9 Å². The number of halogens is 2. The van der Waals surface area contributed by atoms with E-state index in [1.807, 2.05) is 24.4 Å². The predicted octanol–water partition coefficient (Wildman–Crippen LogP) is 5.14. The molecular formula is C24H29Cl2N5O3S. The van der Waals surface area contributed by atoms with Crippen molar-refractivity contribution in [1.82, 2.24) is 19.5 Å². The number of fused-ring (bicyclic) bond motifs is 1. The zero-order valence-corrected chi connectivity index (χ0v) is 22.1. The first-order chi connectivity index (χ1) is 16.7. The van der Waals surface area contributed by atoms with E-state index in [9.17, 15) is 8.42 Å². The lowest BCUT2D eigenvalue weighted by molar-refractivity contribution is 0.113. The van der Waals surface area contributed by atoms with Crippen LogP contribution in [0.4, 0.5) is 5.95 Å². The monoisotopic (exact) mass is 537 g/mol. The average Bonchev–Trinajstić information content (AvgIpc) is 3.58. The molecule has 11 heteroatoms. The molecule has 3 heterocycles. The van der Waals surface area contributed by atoms with Crippen molar-refractivity contribution in [2.45, 2.75) is 44.6 Å². The van der Waals surface area contributed by atoms with Crippen LogP contribution >= 0.6 is 23.2 Å². The molecule has 3 aromatic rings. The SMILES string of the molecule is CC(c1cc(Cl)cc(Cl)c1)N1CCC(COc2cc3nnc(NS(C)(=O)=O)n3cc2C2CC2)CC1. The van der Waals surface area contributed by atoms with Gasteiger partial charge in [0.15, 0.2) is 5.65 Å². The number of anilines is 1. The number of hydrogen-bond acceptors (Lipinski definition) is 6. The van der Waals surface area contributed by atoms with Crippen molar-refractivity contribution in [3.8, 4) is 5.75 Å². The molecule has 1 N–H and O–H groups in total. The van der Waals surface area contributed by atoms with Crippen LogP contribution in [0.2, 0.25) is 10.0 Å². The number of piperidine rings is 1. The summed E-state index contributed by atoms with van der Waals surface area (Å²) in [7, 11) is -3.45. The van der Waals surface area contributed by atoms with Crippen LogP contribution in [0.15, 0.2) is 30.5 Å². The van der Waals surface area contributed by atoms with Gasteiger partial charge >= 0.3 is 0 Å². The number of nitrogens with one attached hydrogen (secondary N) is 1. The summed E-state index contributed by atoms with van der Waals surface area (Å²) >= 11 is 12.4. The number of aromatic nitrogens is 3. The molecule has 1 saturated carbocycles. The van der Waals surface area contributed by atoms with E-state index < -0.39 is 10.0 Å². The number of nitrogens with zero attached hydrogens (tertiary/aromatic N) is 4. The van der Waals surface area contributed by atoms with Crippen LogP contribution in [-0.4, -0.2) is 53.9 Å². The summed E-state index contributed by atoms with van der Waals surface area (Å²) in [6.07, 6.45) is 7.31. The highest BCUT2D eigenvalue weighted by molar-refractivity contribution is 7.92. The molecular weight excluding hydrogens is 509 g/mol. The Labute approximate surface area is 215 Å². The number of benzene rings is 1. The van der Waals surface area contributed by atoms with Crippen molar-refractivity contribution in [2.24, 2.45) is 5.92 Å². The van der Waals surface area contributed by atoms with Gasteiger partial charge < -0.3 is 4.74 Å². The maximum atomic E-state index is 11.7. The molecule has 35 heavy (non-hydrogen) atoms. The first kappa shape index (κ1) is 24.6. The lowest BCUT2D eigenvalue weighted by atomic mass is 9.95. The largest absolute Gasteiger partial charge is 0.493 e. The van der Waals surface area contributed by atoms with Crippen LogP contribution in [0.5, 0.6) is 5.75 Å². The summed E-state index contributed by atoms with van der Waals surface area (Å²) in [5.41, 5.74) is 2.77. The van der Waals surface area contributed by atoms with Gasteiger partial charge in [-0.05, 0) is 81.3 Å². The second-order valence-corrected chi connectivity index (χ2v) is 12.3. The van der Waals surface area contributed by atoms with Crippen LogP contribution < -0.4 is 9.46 Å². The quantitative estimate of drug-likeness (QED) is 0.428. The van der Waals surface area contributed by atoms with E-state index in [0.717, 1.165) is 61.9 Å².